The monoisotopic (exact) mass is 449 g/mol. The largest absolute Gasteiger partial charge is 0.437 e. The molecule has 0 spiro atoms. The van der Waals surface area contributed by atoms with Gasteiger partial charge in [-0.3, -0.25) is 4.79 Å². The Morgan fingerprint density at radius 3 is 2.16 bits per heavy atom. The number of Topliss-reactive ketones (excluding diaryl/α,β-unsaturated/α-hetero) is 1. The van der Waals surface area contributed by atoms with Crippen LogP contribution in [0, 0.1) is 0 Å². The van der Waals surface area contributed by atoms with Gasteiger partial charge in [-0.05, 0) is 52.2 Å². The molecular formula is C23H13F6NO2. The van der Waals surface area contributed by atoms with Gasteiger partial charge in [0.15, 0.2) is 5.76 Å². The molecule has 0 fully saturated rings. The Balaban J connectivity index is 1.75. The number of carbonyl (C=O) groups is 1. The Morgan fingerprint density at radius 2 is 1.47 bits per heavy atom. The fourth-order valence-corrected chi connectivity index (χ4v) is 3.41. The van der Waals surface area contributed by atoms with Crippen molar-refractivity contribution in [1.29, 1.82) is 0 Å². The van der Waals surface area contributed by atoms with E-state index in [0.717, 1.165) is 30.3 Å². The molecule has 9 heteroatoms. The highest BCUT2D eigenvalue weighted by Gasteiger charge is 2.34. The molecule has 3 aromatic rings. The summed E-state index contributed by atoms with van der Waals surface area (Å²) in [6.07, 6.45) is -7.96. The van der Waals surface area contributed by atoms with Crippen molar-refractivity contribution >= 4 is 28.2 Å². The van der Waals surface area contributed by atoms with Crippen LogP contribution in [0.4, 0.5) is 26.3 Å². The molecule has 0 saturated carbocycles. The average Bonchev–Trinajstić information content (AvgIpc) is 2.99. The van der Waals surface area contributed by atoms with Gasteiger partial charge in [-0.15, -0.1) is 0 Å². The van der Waals surface area contributed by atoms with Crippen molar-refractivity contribution in [3.8, 4) is 0 Å². The molecule has 0 aliphatic carbocycles. The van der Waals surface area contributed by atoms with Gasteiger partial charge in [0.25, 0.3) is 0 Å². The quantitative estimate of drug-likeness (QED) is 0.378. The van der Waals surface area contributed by atoms with Crippen LogP contribution in [0.15, 0.2) is 72.3 Å². The zero-order valence-electron chi connectivity index (χ0n) is 16.0. The van der Waals surface area contributed by atoms with E-state index in [1.807, 2.05) is 0 Å². The molecule has 4 rings (SSSR count). The van der Waals surface area contributed by atoms with Gasteiger partial charge in [0, 0.05) is 0 Å². The maximum atomic E-state index is 13.1. The number of benzene rings is 3. The number of halogens is 6. The number of allylic oxidation sites excluding steroid dienone is 1. The first-order chi connectivity index (χ1) is 14.9. The zero-order valence-corrected chi connectivity index (χ0v) is 16.0. The first kappa shape index (κ1) is 21.5. The fourth-order valence-electron chi connectivity index (χ4n) is 3.41. The Labute approximate surface area is 177 Å². The van der Waals surface area contributed by atoms with Gasteiger partial charge in [-0.1, -0.05) is 36.4 Å². The second-order valence-electron chi connectivity index (χ2n) is 7.04. The van der Waals surface area contributed by atoms with Gasteiger partial charge in [-0.2, -0.15) is 26.3 Å². The van der Waals surface area contributed by atoms with Crippen molar-refractivity contribution in [3.63, 3.8) is 0 Å². The smallest absolute Gasteiger partial charge is 0.416 e. The predicted octanol–water partition coefficient (Wildman–Crippen LogP) is 6.15. The summed E-state index contributed by atoms with van der Waals surface area (Å²) >= 11 is 0. The van der Waals surface area contributed by atoms with E-state index in [1.54, 1.807) is 12.1 Å². The first-order valence-corrected chi connectivity index (χ1v) is 9.17. The molecular weight excluding hydrogens is 436 g/mol. The van der Waals surface area contributed by atoms with E-state index in [1.165, 1.54) is 24.3 Å². The van der Waals surface area contributed by atoms with E-state index in [4.69, 9.17) is 10.5 Å². The number of hydrogen-bond donors (Lipinski definition) is 1. The molecule has 0 unspecified atom stereocenters. The number of alkyl halides is 6. The highest BCUT2D eigenvalue weighted by atomic mass is 19.4. The number of nitrogens with two attached hydrogens (primary N) is 1. The van der Waals surface area contributed by atoms with Crippen LogP contribution in [0.25, 0.3) is 22.4 Å². The first-order valence-electron chi connectivity index (χ1n) is 9.17. The molecule has 1 heterocycles. The summed E-state index contributed by atoms with van der Waals surface area (Å²) < 4.78 is 83.7. The topological polar surface area (TPSA) is 52.3 Å². The predicted molar refractivity (Wildman–Crippen MR) is 106 cm³/mol. The fraction of sp³-hybridized carbons (Fsp3) is 0.0870. The minimum absolute atomic E-state index is 0.0806. The van der Waals surface area contributed by atoms with Crippen molar-refractivity contribution in [3.05, 3.63) is 94.6 Å². The molecule has 0 amide bonds. The third-order valence-corrected chi connectivity index (χ3v) is 4.93. The summed E-state index contributed by atoms with van der Waals surface area (Å²) in [4.78, 5) is 12.9. The van der Waals surface area contributed by atoms with E-state index in [9.17, 15) is 31.1 Å². The highest BCUT2D eigenvalue weighted by molar-refractivity contribution is 6.31. The molecule has 32 heavy (non-hydrogen) atoms. The second-order valence-corrected chi connectivity index (χ2v) is 7.04. The van der Waals surface area contributed by atoms with Gasteiger partial charge in [-0.25, -0.2) is 0 Å². The molecule has 2 N–H and O–H groups in total. The van der Waals surface area contributed by atoms with Gasteiger partial charge < -0.3 is 10.5 Å². The van der Waals surface area contributed by atoms with E-state index < -0.39 is 35.1 Å². The van der Waals surface area contributed by atoms with Gasteiger partial charge in [0.05, 0.1) is 16.7 Å². The number of hydrogen-bond acceptors (Lipinski definition) is 3. The summed E-state index contributed by atoms with van der Waals surface area (Å²) in [7, 11) is 0. The summed E-state index contributed by atoms with van der Waals surface area (Å²) in [5.74, 6) is -1.47. The molecule has 164 valence electrons. The average molecular weight is 449 g/mol. The molecule has 0 aromatic heterocycles. The molecule has 1 aliphatic rings. The van der Waals surface area contributed by atoms with Crippen molar-refractivity contribution in [2.75, 3.05) is 0 Å². The van der Waals surface area contributed by atoms with Crippen molar-refractivity contribution in [2.45, 2.75) is 12.4 Å². The minimum atomic E-state index is -4.62. The van der Waals surface area contributed by atoms with Crippen LogP contribution in [0.1, 0.15) is 22.3 Å². The summed E-state index contributed by atoms with van der Waals surface area (Å²) in [6, 6.07) is 11.9. The lowest BCUT2D eigenvalue weighted by Gasteiger charge is -2.10. The van der Waals surface area contributed by atoms with E-state index >= 15 is 0 Å². The van der Waals surface area contributed by atoms with Crippen molar-refractivity contribution < 1.29 is 35.9 Å². The Hall–Kier alpha value is -3.75. The van der Waals surface area contributed by atoms with Crippen LogP contribution in [-0.4, -0.2) is 5.78 Å². The molecule has 0 bridgehead atoms. The van der Waals surface area contributed by atoms with Gasteiger partial charge in [0.2, 0.25) is 11.7 Å². The zero-order chi connectivity index (χ0) is 23.3. The number of ether oxygens (including phenoxy) is 1. The number of ketones is 1. The summed E-state index contributed by atoms with van der Waals surface area (Å²) in [6.45, 7) is 0. The molecule has 1 aliphatic heterocycles. The third kappa shape index (κ3) is 3.93. The van der Waals surface area contributed by atoms with Crippen LogP contribution in [0.3, 0.4) is 0 Å². The molecule has 0 atom stereocenters. The van der Waals surface area contributed by atoms with Crippen LogP contribution in [0.5, 0.6) is 0 Å². The Kier molecular flexibility index (Phi) is 4.99. The van der Waals surface area contributed by atoms with Gasteiger partial charge >= 0.3 is 12.4 Å². The standard InChI is InChI=1S/C23H13F6NO2/c24-22(25,26)15-6-2-5-14(9-15)19-20(31)18(32-21(19)30)10-13-4-1-3-12-7-8-16(11-17(12)13)23(27,28)29/h1-11H,30H2/b18-10+. The molecule has 3 aromatic carbocycles. The van der Waals surface area contributed by atoms with E-state index in [2.05, 4.69) is 0 Å². The number of fused-ring (bicyclic) bond motifs is 1. The summed E-state index contributed by atoms with van der Waals surface area (Å²) in [5.41, 5.74) is 3.86. The van der Waals surface area contributed by atoms with Gasteiger partial charge in [0.1, 0.15) is 0 Å². The maximum absolute atomic E-state index is 13.1. The normalized spacial score (nSPS) is 16.2. The SMILES string of the molecule is NC1=C(c2cccc(C(F)(F)F)c2)C(=O)/C(=C\c2cccc3ccc(C(F)(F)F)cc23)O1. The lowest BCUT2D eigenvalue weighted by atomic mass is 9.98. The molecule has 0 radical (unpaired) electrons. The van der Waals surface area contributed by atoms with Crippen LogP contribution in [-0.2, 0) is 21.9 Å². The summed E-state index contributed by atoms with van der Waals surface area (Å²) in [5, 5.41) is 0.717. The van der Waals surface area contributed by atoms with Crippen LogP contribution < -0.4 is 5.73 Å². The van der Waals surface area contributed by atoms with E-state index in [0.29, 0.717) is 5.39 Å². The van der Waals surface area contributed by atoms with E-state index in [-0.39, 0.29) is 27.8 Å². The highest BCUT2D eigenvalue weighted by Crippen LogP contribution is 2.37. The minimum Gasteiger partial charge on any atom is -0.437 e. The Morgan fingerprint density at radius 1 is 0.812 bits per heavy atom. The second kappa shape index (κ2) is 7.44. The Bertz CT molecular complexity index is 1300. The lowest BCUT2D eigenvalue weighted by molar-refractivity contribution is -0.138. The van der Waals surface area contributed by atoms with Crippen molar-refractivity contribution in [1.82, 2.24) is 0 Å². The maximum Gasteiger partial charge on any atom is 0.416 e. The lowest BCUT2D eigenvalue weighted by Crippen LogP contribution is -2.07. The third-order valence-electron chi connectivity index (χ3n) is 4.93. The molecule has 0 saturated heterocycles. The molecule has 3 nitrogen and oxygen atoms in total. The number of rotatable bonds is 2. The number of carbonyl (C=O) groups excluding carboxylic acids is 1. The van der Waals surface area contributed by atoms with Crippen LogP contribution >= 0.6 is 0 Å². The van der Waals surface area contributed by atoms with Crippen molar-refractivity contribution in [2.24, 2.45) is 5.73 Å². The van der Waals surface area contributed by atoms with Crippen LogP contribution in [0.2, 0.25) is 0 Å².